The van der Waals surface area contributed by atoms with E-state index in [9.17, 15) is 9.59 Å². The molecule has 2 aliphatic rings. The molecule has 0 aromatic carbocycles. The van der Waals surface area contributed by atoms with Crippen LogP contribution in [0.5, 0.6) is 0 Å². The molecule has 0 aliphatic carbocycles. The van der Waals surface area contributed by atoms with Gasteiger partial charge in [0, 0.05) is 19.1 Å². The average Bonchev–Trinajstić information content (AvgIpc) is 3.03. The summed E-state index contributed by atoms with van der Waals surface area (Å²) >= 11 is 1.67. The summed E-state index contributed by atoms with van der Waals surface area (Å²) in [6.07, 6.45) is 0.703. The first kappa shape index (κ1) is 12.6. The molecule has 6 heteroatoms. The molecule has 2 aliphatic heterocycles. The highest BCUT2D eigenvalue weighted by Crippen LogP contribution is 2.22. The van der Waals surface area contributed by atoms with Crippen molar-refractivity contribution in [3.05, 3.63) is 22.4 Å². The van der Waals surface area contributed by atoms with Crippen LogP contribution in [0.25, 0.3) is 0 Å². The molecule has 19 heavy (non-hydrogen) atoms. The minimum absolute atomic E-state index is 0.0214. The fourth-order valence-electron chi connectivity index (χ4n) is 2.75. The van der Waals surface area contributed by atoms with E-state index in [-0.39, 0.29) is 29.9 Å². The van der Waals surface area contributed by atoms with Crippen molar-refractivity contribution in [1.82, 2.24) is 15.5 Å². The van der Waals surface area contributed by atoms with Crippen molar-refractivity contribution in [3.63, 3.8) is 0 Å². The number of fused-ring (bicyclic) bond motifs is 1. The van der Waals surface area contributed by atoms with Crippen molar-refractivity contribution in [1.29, 1.82) is 0 Å². The summed E-state index contributed by atoms with van der Waals surface area (Å²) in [5.74, 6) is 0.0105. The molecule has 2 N–H and O–H groups in total. The van der Waals surface area contributed by atoms with Crippen LogP contribution in [0.3, 0.4) is 0 Å². The van der Waals surface area contributed by atoms with E-state index in [0.717, 1.165) is 6.54 Å². The standard InChI is InChI=1S/C13H17N3O2S/c1-8-13(18)16-6-10(4-11(16)12(17)15-8)14-5-9-2-3-19-7-9/h2-3,7-8,10-11,14H,4-6H2,1H3,(H,15,17)/t8-,10-,11-/m0/s1. The van der Waals surface area contributed by atoms with E-state index in [1.165, 1.54) is 5.56 Å². The number of nitrogens with one attached hydrogen (secondary N) is 2. The third-order valence-corrected chi connectivity index (χ3v) is 4.52. The first-order valence-corrected chi connectivity index (χ1v) is 7.45. The molecule has 5 nitrogen and oxygen atoms in total. The van der Waals surface area contributed by atoms with Gasteiger partial charge in [0.25, 0.3) is 0 Å². The summed E-state index contributed by atoms with van der Waals surface area (Å²) in [6, 6.07) is 1.60. The molecular weight excluding hydrogens is 262 g/mol. The lowest BCUT2D eigenvalue weighted by molar-refractivity contribution is -0.146. The van der Waals surface area contributed by atoms with E-state index >= 15 is 0 Å². The van der Waals surface area contributed by atoms with Gasteiger partial charge in [-0.25, -0.2) is 0 Å². The molecular formula is C13H17N3O2S. The molecule has 2 fully saturated rings. The van der Waals surface area contributed by atoms with Gasteiger partial charge in [0.2, 0.25) is 11.8 Å². The Bertz CT molecular complexity index is 488. The second-order valence-corrected chi connectivity index (χ2v) is 5.96. The molecule has 3 atom stereocenters. The van der Waals surface area contributed by atoms with E-state index in [1.54, 1.807) is 23.2 Å². The van der Waals surface area contributed by atoms with Crippen molar-refractivity contribution in [2.24, 2.45) is 0 Å². The molecule has 2 amide bonds. The summed E-state index contributed by atoms with van der Waals surface area (Å²) in [6.45, 7) is 3.16. The summed E-state index contributed by atoms with van der Waals surface area (Å²) in [7, 11) is 0. The third-order valence-electron chi connectivity index (χ3n) is 3.79. The smallest absolute Gasteiger partial charge is 0.245 e. The van der Waals surface area contributed by atoms with Gasteiger partial charge in [-0.2, -0.15) is 11.3 Å². The predicted molar refractivity (Wildman–Crippen MR) is 72.7 cm³/mol. The first-order chi connectivity index (χ1) is 9.15. The monoisotopic (exact) mass is 279 g/mol. The van der Waals surface area contributed by atoms with Crippen LogP contribution < -0.4 is 10.6 Å². The largest absolute Gasteiger partial charge is 0.343 e. The van der Waals surface area contributed by atoms with Gasteiger partial charge in [0.1, 0.15) is 12.1 Å². The highest BCUT2D eigenvalue weighted by Gasteiger charge is 2.44. The molecule has 102 valence electrons. The van der Waals surface area contributed by atoms with Crippen LogP contribution in [-0.4, -0.2) is 41.4 Å². The van der Waals surface area contributed by atoms with E-state index in [2.05, 4.69) is 22.1 Å². The molecule has 3 rings (SSSR count). The Labute approximate surface area is 116 Å². The lowest BCUT2D eigenvalue weighted by Crippen LogP contribution is -2.60. The Balaban J connectivity index is 1.62. The average molecular weight is 279 g/mol. The van der Waals surface area contributed by atoms with Crippen LogP contribution in [0.4, 0.5) is 0 Å². The van der Waals surface area contributed by atoms with Gasteiger partial charge >= 0.3 is 0 Å². The number of amides is 2. The maximum Gasteiger partial charge on any atom is 0.245 e. The molecule has 1 aromatic heterocycles. The highest BCUT2D eigenvalue weighted by molar-refractivity contribution is 7.07. The van der Waals surface area contributed by atoms with Crippen LogP contribution in [0.15, 0.2) is 16.8 Å². The quantitative estimate of drug-likeness (QED) is 0.838. The normalized spacial score (nSPS) is 30.4. The molecule has 3 heterocycles. The van der Waals surface area contributed by atoms with Crippen LogP contribution in [0.1, 0.15) is 18.9 Å². The fourth-order valence-corrected chi connectivity index (χ4v) is 3.42. The van der Waals surface area contributed by atoms with Crippen LogP contribution in [0, 0.1) is 0 Å². The molecule has 0 unspecified atom stereocenters. The Morgan fingerprint density at radius 1 is 1.53 bits per heavy atom. The molecule has 1 aromatic rings. The summed E-state index contributed by atoms with van der Waals surface area (Å²) in [5.41, 5.74) is 1.25. The van der Waals surface area contributed by atoms with E-state index in [1.807, 2.05) is 5.38 Å². The van der Waals surface area contributed by atoms with Crippen molar-refractivity contribution in [2.75, 3.05) is 6.54 Å². The Morgan fingerprint density at radius 3 is 3.11 bits per heavy atom. The van der Waals surface area contributed by atoms with Gasteiger partial charge in [0.15, 0.2) is 0 Å². The van der Waals surface area contributed by atoms with Gasteiger partial charge in [-0.15, -0.1) is 0 Å². The SMILES string of the molecule is C[C@@H]1NC(=O)[C@@H]2C[C@H](NCc3ccsc3)CN2C1=O. The first-order valence-electron chi connectivity index (χ1n) is 6.50. The van der Waals surface area contributed by atoms with E-state index < -0.39 is 0 Å². The molecule has 0 spiro atoms. The minimum atomic E-state index is -0.389. The number of nitrogens with zero attached hydrogens (tertiary/aromatic N) is 1. The Hall–Kier alpha value is -1.40. The lowest BCUT2D eigenvalue weighted by Gasteiger charge is -2.32. The zero-order chi connectivity index (χ0) is 13.4. The van der Waals surface area contributed by atoms with E-state index in [4.69, 9.17) is 0 Å². The van der Waals surface area contributed by atoms with Crippen molar-refractivity contribution >= 4 is 23.2 Å². The van der Waals surface area contributed by atoms with Crippen LogP contribution in [0.2, 0.25) is 0 Å². The fraction of sp³-hybridized carbons (Fsp3) is 0.538. The minimum Gasteiger partial charge on any atom is -0.343 e. The zero-order valence-corrected chi connectivity index (χ0v) is 11.6. The van der Waals surface area contributed by atoms with E-state index in [0.29, 0.717) is 13.0 Å². The Kier molecular flexibility index (Phi) is 3.28. The molecule has 0 radical (unpaired) electrons. The number of carbonyl (C=O) groups is 2. The summed E-state index contributed by atoms with van der Waals surface area (Å²) in [5, 5.41) is 10.3. The number of piperazine rings is 1. The number of hydrogen-bond donors (Lipinski definition) is 2. The van der Waals surface area contributed by atoms with Crippen LogP contribution >= 0.6 is 11.3 Å². The van der Waals surface area contributed by atoms with Gasteiger partial charge in [-0.3, -0.25) is 9.59 Å². The molecule has 0 bridgehead atoms. The number of carbonyl (C=O) groups excluding carboxylic acids is 2. The topological polar surface area (TPSA) is 61.4 Å². The van der Waals surface area contributed by atoms with Crippen LogP contribution in [-0.2, 0) is 16.1 Å². The van der Waals surface area contributed by atoms with Crippen molar-refractivity contribution in [3.8, 4) is 0 Å². The second kappa shape index (κ2) is 4.94. The summed E-state index contributed by atoms with van der Waals surface area (Å²) < 4.78 is 0. The Morgan fingerprint density at radius 2 is 2.37 bits per heavy atom. The maximum atomic E-state index is 12.0. The van der Waals surface area contributed by atoms with Gasteiger partial charge in [-0.05, 0) is 35.7 Å². The highest BCUT2D eigenvalue weighted by atomic mass is 32.1. The van der Waals surface area contributed by atoms with Gasteiger partial charge in [0.05, 0.1) is 0 Å². The van der Waals surface area contributed by atoms with Crippen molar-refractivity contribution < 1.29 is 9.59 Å². The van der Waals surface area contributed by atoms with Gasteiger partial charge < -0.3 is 15.5 Å². The third kappa shape index (κ3) is 2.37. The zero-order valence-electron chi connectivity index (χ0n) is 10.8. The second-order valence-electron chi connectivity index (χ2n) is 5.18. The predicted octanol–water partition coefficient (Wildman–Crippen LogP) is 0.325. The summed E-state index contributed by atoms with van der Waals surface area (Å²) in [4.78, 5) is 25.6. The number of hydrogen-bond acceptors (Lipinski definition) is 4. The van der Waals surface area contributed by atoms with Gasteiger partial charge in [-0.1, -0.05) is 0 Å². The lowest BCUT2D eigenvalue weighted by atomic mass is 10.1. The molecule has 0 saturated carbocycles. The van der Waals surface area contributed by atoms with Crippen molar-refractivity contribution in [2.45, 2.75) is 38.0 Å². The maximum absolute atomic E-state index is 12.0. The molecule has 2 saturated heterocycles. The number of thiophene rings is 1. The number of rotatable bonds is 3.